The quantitative estimate of drug-likeness (QED) is 0.880. The molecule has 1 unspecified atom stereocenters. The molecule has 1 aromatic heterocycles. The molecule has 0 amide bonds. The number of nitrogens with zero attached hydrogens (tertiary/aromatic N) is 1. The molecule has 0 saturated heterocycles. The monoisotopic (exact) mass is 266 g/mol. The summed E-state index contributed by atoms with van der Waals surface area (Å²) in [5.41, 5.74) is 0.699. The van der Waals surface area contributed by atoms with Crippen molar-refractivity contribution in [1.82, 2.24) is 10.3 Å². The summed E-state index contributed by atoms with van der Waals surface area (Å²) in [7, 11) is 0. The van der Waals surface area contributed by atoms with Crippen molar-refractivity contribution in [3.8, 4) is 0 Å². The largest absolute Gasteiger partial charge is 0.395 e. The summed E-state index contributed by atoms with van der Waals surface area (Å²) in [4.78, 5) is 4.88. The van der Waals surface area contributed by atoms with Gasteiger partial charge in [0.15, 0.2) is 0 Å². The molecule has 0 aliphatic carbocycles. The Bertz CT molecular complexity index is 360. The van der Waals surface area contributed by atoms with Crippen LogP contribution in [0.2, 0.25) is 0 Å². The Morgan fingerprint density at radius 3 is 2.59 bits per heavy atom. The van der Waals surface area contributed by atoms with E-state index in [1.165, 1.54) is 0 Å². The van der Waals surface area contributed by atoms with Gasteiger partial charge in [-0.2, -0.15) is 13.2 Å². The Morgan fingerprint density at radius 2 is 2.06 bits per heavy atom. The van der Waals surface area contributed by atoms with Gasteiger partial charge in [-0.1, -0.05) is 6.92 Å². The Labute approximate surface area is 103 Å². The zero-order valence-electron chi connectivity index (χ0n) is 10.2. The third-order valence-corrected chi connectivity index (χ3v) is 3.66. The van der Waals surface area contributed by atoms with E-state index in [1.54, 1.807) is 6.92 Å². The summed E-state index contributed by atoms with van der Waals surface area (Å²) in [6.07, 6.45) is -4.11. The fourth-order valence-corrected chi connectivity index (χ4v) is 2.69. The number of nitrogens with one attached hydrogen (secondary N) is 1. The van der Waals surface area contributed by atoms with Gasteiger partial charge in [-0.25, -0.2) is 4.98 Å². The van der Waals surface area contributed by atoms with Crippen molar-refractivity contribution in [2.24, 2.45) is 0 Å². The van der Waals surface area contributed by atoms with Crippen LogP contribution in [0.15, 0.2) is 0 Å². The molecule has 0 fully saturated rings. The van der Waals surface area contributed by atoms with Crippen LogP contribution in [-0.4, -0.2) is 17.7 Å². The van der Waals surface area contributed by atoms with E-state index in [9.17, 15) is 13.2 Å². The summed E-state index contributed by atoms with van der Waals surface area (Å²) in [5.74, 6) is 0. The highest BCUT2D eigenvalue weighted by Gasteiger charge is 2.30. The summed E-state index contributed by atoms with van der Waals surface area (Å²) >= 11 is 1.15. The molecule has 0 bridgehead atoms. The normalized spacial score (nSPS) is 14.0. The van der Waals surface area contributed by atoms with Crippen LogP contribution < -0.4 is 5.32 Å². The van der Waals surface area contributed by atoms with E-state index in [1.807, 2.05) is 13.8 Å². The summed E-state index contributed by atoms with van der Waals surface area (Å²) in [6.45, 7) is 6.62. The van der Waals surface area contributed by atoms with Crippen LogP contribution in [0.3, 0.4) is 0 Å². The number of aryl methyl sites for hydroxylation is 1. The van der Waals surface area contributed by atoms with Gasteiger partial charge in [-0.3, -0.25) is 0 Å². The molecule has 1 rings (SSSR count). The van der Waals surface area contributed by atoms with Gasteiger partial charge in [0.2, 0.25) is 0 Å². The Hall–Kier alpha value is -0.620. The number of hydrogen-bond donors (Lipinski definition) is 1. The Kier molecular flexibility index (Phi) is 4.94. The van der Waals surface area contributed by atoms with Crippen molar-refractivity contribution in [2.45, 2.75) is 45.8 Å². The maximum absolute atomic E-state index is 12.2. The number of aromatic nitrogens is 1. The lowest BCUT2D eigenvalue weighted by Crippen LogP contribution is -2.18. The molecule has 1 N–H and O–H groups in total. The van der Waals surface area contributed by atoms with Gasteiger partial charge in [0, 0.05) is 10.9 Å². The lowest BCUT2D eigenvalue weighted by molar-refractivity contribution is -0.127. The number of thiazole rings is 1. The van der Waals surface area contributed by atoms with Gasteiger partial charge in [0.25, 0.3) is 0 Å². The minimum Gasteiger partial charge on any atom is -0.309 e. The molecule has 98 valence electrons. The lowest BCUT2D eigenvalue weighted by Gasteiger charge is -2.11. The van der Waals surface area contributed by atoms with Gasteiger partial charge >= 0.3 is 6.18 Å². The molecule has 0 aliphatic rings. The number of hydrogen-bond acceptors (Lipinski definition) is 3. The second-order valence-electron chi connectivity index (χ2n) is 4.03. The second kappa shape index (κ2) is 5.82. The maximum Gasteiger partial charge on any atom is 0.395 e. The molecule has 0 radical (unpaired) electrons. The zero-order valence-corrected chi connectivity index (χ0v) is 11.0. The number of halogens is 3. The van der Waals surface area contributed by atoms with Crippen LogP contribution in [0.25, 0.3) is 0 Å². The molecule has 0 aliphatic heterocycles. The van der Waals surface area contributed by atoms with E-state index in [0.717, 1.165) is 29.2 Å². The van der Waals surface area contributed by atoms with Crippen LogP contribution >= 0.6 is 11.3 Å². The molecule has 0 aromatic carbocycles. The van der Waals surface area contributed by atoms with Crippen molar-refractivity contribution < 1.29 is 13.2 Å². The third kappa shape index (κ3) is 4.63. The number of rotatable bonds is 5. The SMILES string of the molecule is CCCNC(C)c1sc(CC(F)(F)F)nc1C. The van der Waals surface area contributed by atoms with E-state index >= 15 is 0 Å². The van der Waals surface area contributed by atoms with E-state index in [2.05, 4.69) is 10.3 Å². The first-order chi connectivity index (χ1) is 7.83. The molecule has 0 spiro atoms. The van der Waals surface area contributed by atoms with Crippen LogP contribution in [0.4, 0.5) is 13.2 Å². The average Bonchev–Trinajstić information content (AvgIpc) is 2.53. The molecule has 6 heteroatoms. The average molecular weight is 266 g/mol. The minimum absolute atomic E-state index is 0.0643. The van der Waals surface area contributed by atoms with E-state index < -0.39 is 12.6 Å². The fraction of sp³-hybridized carbons (Fsp3) is 0.727. The van der Waals surface area contributed by atoms with E-state index in [0.29, 0.717) is 5.69 Å². The van der Waals surface area contributed by atoms with Crippen molar-refractivity contribution in [3.63, 3.8) is 0 Å². The zero-order chi connectivity index (χ0) is 13.1. The first-order valence-electron chi connectivity index (χ1n) is 5.59. The fourth-order valence-electron chi connectivity index (χ4n) is 1.57. The van der Waals surface area contributed by atoms with Crippen molar-refractivity contribution in [2.75, 3.05) is 6.54 Å². The van der Waals surface area contributed by atoms with Crippen LogP contribution in [0.1, 0.15) is 41.9 Å². The van der Waals surface area contributed by atoms with Crippen LogP contribution in [0.5, 0.6) is 0 Å². The van der Waals surface area contributed by atoms with E-state index in [4.69, 9.17) is 0 Å². The minimum atomic E-state index is -4.18. The van der Waals surface area contributed by atoms with Gasteiger partial charge in [-0.05, 0) is 26.8 Å². The highest BCUT2D eigenvalue weighted by atomic mass is 32.1. The van der Waals surface area contributed by atoms with Crippen molar-refractivity contribution in [3.05, 3.63) is 15.6 Å². The molecular weight excluding hydrogens is 249 g/mol. The second-order valence-corrected chi connectivity index (χ2v) is 5.14. The number of alkyl halides is 3. The van der Waals surface area contributed by atoms with Gasteiger partial charge < -0.3 is 5.32 Å². The topological polar surface area (TPSA) is 24.9 Å². The first-order valence-corrected chi connectivity index (χ1v) is 6.41. The maximum atomic E-state index is 12.2. The molecule has 1 atom stereocenters. The summed E-state index contributed by atoms with van der Waals surface area (Å²) in [5, 5.41) is 3.40. The molecule has 1 aromatic rings. The predicted molar refractivity (Wildman–Crippen MR) is 63.3 cm³/mol. The van der Waals surface area contributed by atoms with Crippen molar-refractivity contribution in [1.29, 1.82) is 0 Å². The molecular formula is C11H17F3N2S. The molecule has 17 heavy (non-hydrogen) atoms. The van der Waals surface area contributed by atoms with Gasteiger partial charge in [0.1, 0.15) is 5.01 Å². The molecule has 2 nitrogen and oxygen atoms in total. The smallest absolute Gasteiger partial charge is 0.309 e. The van der Waals surface area contributed by atoms with Crippen LogP contribution in [0, 0.1) is 6.92 Å². The summed E-state index contributed by atoms with van der Waals surface area (Å²) < 4.78 is 36.7. The first kappa shape index (κ1) is 14.4. The lowest BCUT2D eigenvalue weighted by atomic mass is 10.2. The Morgan fingerprint density at radius 1 is 1.41 bits per heavy atom. The standard InChI is InChI=1S/C11H17F3N2S/c1-4-5-15-7(2)10-8(3)16-9(17-10)6-11(12,13)14/h7,15H,4-6H2,1-3H3. The van der Waals surface area contributed by atoms with Crippen LogP contribution in [-0.2, 0) is 6.42 Å². The highest BCUT2D eigenvalue weighted by Crippen LogP contribution is 2.29. The molecule has 0 saturated carbocycles. The third-order valence-electron chi connectivity index (χ3n) is 2.32. The van der Waals surface area contributed by atoms with Gasteiger partial charge in [-0.15, -0.1) is 11.3 Å². The molecule has 1 heterocycles. The van der Waals surface area contributed by atoms with Gasteiger partial charge in [0.05, 0.1) is 12.1 Å². The predicted octanol–water partition coefficient (Wildman–Crippen LogP) is 3.62. The Balaban J connectivity index is 2.74. The highest BCUT2D eigenvalue weighted by molar-refractivity contribution is 7.11. The summed E-state index contributed by atoms with van der Waals surface area (Å²) in [6, 6.07) is 0.0643. The van der Waals surface area contributed by atoms with E-state index in [-0.39, 0.29) is 11.0 Å². The van der Waals surface area contributed by atoms with Crippen molar-refractivity contribution >= 4 is 11.3 Å².